The molecule has 4 rings (SSSR count). The highest BCUT2D eigenvalue weighted by atomic mass is 16.2. The van der Waals surface area contributed by atoms with Crippen molar-refractivity contribution in [3.8, 4) is 6.07 Å². The van der Waals surface area contributed by atoms with Crippen molar-refractivity contribution in [1.29, 1.82) is 5.26 Å². The fourth-order valence-electron chi connectivity index (χ4n) is 3.85. The van der Waals surface area contributed by atoms with E-state index in [2.05, 4.69) is 34.4 Å². The summed E-state index contributed by atoms with van der Waals surface area (Å²) in [6.45, 7) is 5.36. The second-order valence-corrected chi connectivity index (χ2v) is 7.00. The van der Waals surface area contributed by atoms with Crippen molar-refractivity contribution in [2.75, 3.05) is 6.54 Å². The minimum atomic E-state index is 0.168. The predicted octanol–water partition coefficient (Wildman–Crippen LogP) is 2.74. The lowest BCUT2D eigenvalue weighted by Gasteiger charge is -2.29. The van der Waals surface area contributed by atoms with Crippen molar-refractivity contribution >= 4 is 11.6 Å². The number of aryl methyl sites for hydroxylation is 2. The number of hydrogen-bond acceptors (Lipinski definition) is 4. The molecule has 3 heterocycles. The average Bonchev–Trinajstić information content (AvgIpc) is 3.10. The Morgan fingerprint density at radius 1 is 1.26 bits per heavy atom. The van der Waals surface area contributed by atoms with Crippen molar-refractivity contribution in [3.63, 3.8) is 0 Å². The number of nitriles is 1. The van der Waals surface area contributed by atoms with Crippen LogP contribution in [0.1, 0.15) is 40.1 Å². The third-order valence-corrected chi connectivity index (χ3v) is 5.40. The first-order chi connectivity index (χ1) is 13.1. The van der Waals surface area contributed by atoms with E-state index in [0.717, 1.165) is 29.9 Å². The van der Waals surface area contributed by atoms with Gasteiger partial charge in [-0.25, -0.2) is 9.50 Å². The Kier molecular flexibility index (Phi) is 4.36. The van der Waals surface area contributed by atoms with Gasteiger partial charge in [0.15, 0.2) is 5.65 Å². The number of hydrogen-bond donors (Lipinski definition) is 0. The summed E-state index contributed by atoms with van der Waals surface area (Å²) in [5, 5.41) is 13.4. The molecule has 0 saturated carbocycles. The lowest BCUT2D eigenvalue weighted by Crippen LogP contribution is -2.36. The molecule has 0 fully saturated rings. The van der Waals surface area contributed by atoms with Crippen LogP contribution in [0.2, 0.25) is 0 Å². The maximum Gasteiger partial charge on any atom is 0.223 e. The van der Waals surface area contributed by atoms with E-state index in [1.807, 2.05) is 24.8 Å². The minimum absolute atomic E-state index is 0.168. The maximum absolute atomic E-state index is 12.8. The molecule has 0 spiro atoms. The van der Waals surface area contributed by atoms with Crippen LogP contribution in [0.5, 0.6) is 0 Å². The zero-order valence-electron chi connectivity index (χ0n) is 15.6. The third-order valence-electron chi connectivity index (χ3n) is 5.40. The van der Waals surface area contributed by atoms with E-state index in [1.54, 1.807) is 4.52 Å². The molecule has 6 nitrogen and oxygen atoms in total. The third kappa shape index (κ3) is 3.06. The van der Waals surface area contributed by atoms with Crippen LogP contribution >= 0.6 is 0 Å². The largest absolute Gasteiger partial charge is 0.338 e. The number of carbonyl (C=O) groups excluding carboxylic acids is 1. The summed E-state index contributed by atoms with van der Waals surface area (Å²) in [7, 11) is 0. The van der Waals surface area contributed by atoms with Gasteiger partial charge in [0.1, 0.15) is 11.6 Å². The summed E-state index contributed by atoms with van der Waals surface area (Å²) >= 11 is 0. The molecule has 1 aliphatic rings. The predicted molar refractivity (Wildman–Crippen MR) is 101 cm³/mol. The first-order valence-electron chi connectivity index (χ1n) is 9.17. The second-order valence-electron chi connectivity index (χ2n) is 7.00. The molecule has 0 radical (unpaired) electrons. The maximum atomic E-state index is 12.8. The highest BCUT2D eigenvalue weighted by molar-refractivity contribution is 5.77. The van der Waals surface area contributed by atoms with Gasteiger partial charge in [-0.15, -0.1) is 0 Å². The first-order valence-corrected chi connectivity index (χ1v) is 9.17. The van der Waals surface area contributed by atoms with Gasteiger partial charge in [-0.1, -0.05) is 24.3 Å². The van der Waals surface area contributed by atoms with Crippen molar-refractivity contribution in [2.24, 2.45) is 0 Å². The number of fused-ring (bicyclic) bond motifs is 2. The molecule has 27 heavy (non-hydrogen) atoms. The van der Waals surface area contributed by atoms with E-state index in [-0.39, 0.29) is 5.91 Å². The van der Waals surface area contributed by atoms with Crippen LogP contribution in [-0.4, -0.2) is 31.9 Å². The molecule has 0 N–H and O–H groups in total. The van der Waals surface area contributed by atoms with Crippen molar-refractivity contribution in [2.45, 2.75) is 39.7 Å². The van der Waals surface area contributed by atoms with Gasteiger partial charge in [0.25, 0.3) is 0 Å². The smallest absolute Gasteiger partial charge is 0.223 e. The number of carbonyl (C=O) groups is 1. The summed E-state index contributed by atoms with van der Waals surface area (Å²) in [5.74, 6) is 0.168. The van der Waals surface area contributed by atoms with Crippen LogP contribution in [0.15, 0.2) is 30.5 Å². The number of rotatable bonds is 3. The Balaban J connectivity index is 1.51. The highest BCUT2D eigenvalue weighted by Crippen LogP contribution is 2.21. The van der Waals surface area contributed by atoms with Crippen molar-refractivity contribution in [3.05, 3.63) is 64.1 Å². The van der Waals surface area contributed by atoms with E-state index in [9.17, 15) is 10.1 Å². The topological polar surface area (TPSA) is 74.3 Å². The first kappa shape index (κ1) is 17.2. The SMILES string of the molecule is Cc1nc2c(C#N)cnn2c(C)c1CCC(=O)N1CCc2ccccc2C1. The summed E-state index contributed by atoms with van der Waals surface area (Å²) in [6.07, 6.45) is 3.52. The number of nitrogens with zero attached hydrogens (tertiary/aromatic N) is 5. The summed E-state index contributed by atoms with van der Waals surface area (Å²) in [5.41, 5.74) is 6.46. The molecule has 1 amide bonds. The molecule has 1 aromatic carbocycles. The highest BCUT2D eigenvalue weighted by Gasteiger charge is 2.21. The lowest BCUT2D eigenvalue weighted by atomic mass is 9.99. The van der Waals surface area contributed by atoms with E-state index in [1.165, 1.54) is 17.3 Å². The molecule has 0 unspecified atom stereocenters. The number of benzene rings is 1. The molecule has 6 heteroatoms. The molecule has 2 aromatic heterocycles. The summed E-state index contributed by atoms with van der Waals surface area (Å²) in [6, 6.07) is 10.4. The standard InChI is InChI=1S/C21H21N5O/c1-14-19(15(2)26-21(24-14)18(11-22)12-23-26)7-8-20(27)25-10-9-16-5-3-4-6-17(16)13-25/h3-6,12H,7-10,13H2,1-2H3. The van der Waals surface area contributed by atoms with Gasteiger partial charge in [0.05, 0.1) is 6.20 Å². The molecule has 136 valence electrons. The fourth-order valence-corrected chi connectivity index (χ4v) is 3.85. The van der Waals surface area contributed by atoms with Gasteiger partial charge in [-0.2, -0.15) is 10.4 Å². The van der Waals surface area contributed by atoms with Crippen LogP contribution in [0.4, 0.5) is 0 Å². The van der Waals surface area contributed by atoms with Crippen LogP contribution in [-0.2, 0) is 24.2 Å². The van der Waals surface area contributed by atoms with Gasteiger partial charge < -0.3 is 4.90 Å². The van der Waals surface area contributed by atoms with Gasteiger partial charge in [0, 0.05) is 30.9 Å². The molecule has 3 aromatic rings. The Hall–Kier alpha value is -3.20. The molecule has 0 aliphatic carbocycles. The van der Waals surface area contributed by atoms with E-state index in [0.29, 0.717) is 30.6 Å². The van der Waals surface area contributed by atoms with Gasteiger partial charge in [-0.3, -0.25) is 4.79 Å². The Labute approximate surface area is 158 Å². The Bertz CT molecular complexity index is 1080. The number of aromatic nitrogens is 3. The Morgan fingerprint density at radius 2 is 2.04 bits per heavy atom. The normalized spacial score (nSPS) is 13.4. The van der Waals surface area contributed by atoms with E-state index < -0.39 is 0 Å². The Morgan fingerprint density at radius 3 is 2.81 bits per heavy atom. The van der Waals surface area contributed by atoms with Gasteiger partial charge >= 0.3 is 0 Å². The average molecular weight is 359 g/mol. The van der Waals surface area contributed by atoms with Crippen molar-refractivity contribution < 1.29 is 4.79 Å². The van der Waals surface area contributed by atoms with Crippen LogP contribution in [0.25, 0.3) is 5.65 Å². The monoisotopic (exact) mass is 359 g/mol. The lowest BCUT2D eigenvalue weighted by molar-refractivity contribution is -0.132. The number of amides is 1. The molecule has 0 atom stereocenters. The van der Waals surface area contributed by atoms with Crippen LogP contribution in [0.3, 0.4) is 0 Å². The van der Waals surface area contributed by atoms with Gasteiger partial charge in [-0.05, 0) is 43.4 Å². The molecule has 1 aliphatic heterocycles. The summed E-state index contributed by atoms with van der Waals surface area (Å²) < 4.78 is 1.70. The van der Waals surface area contributed by atoms with Crippen LogP contribution < -0.4 is 0 Å². The zero-order chi connectivity index (χ0) is 19.0. The zero-order valence-corrected chi connectivity index (χ0v) is 15.6. The quantitative estimate of drug-likeness (QED) is 0.721. The minimum Gasteiger partial charge on any atom is -0.338 e. The van der Waals surface area contributed by atoms with E-state index >= 15 is 0 Å². The fraction of sp³-hybridized carbons (Fsp3) is 0.333. The molecule has 0 saturated heterocycles. The van der Waals surface area contributed by atoms with E-state index in [4.69, 9.17) is 0 Å². The van der Waals surface area contributed by atoms with Gasteiger partial charge in [0.2, 0.25) is 5.91 Å². The second kappa shape index (κ2) is 6.84. The molecular weight excluding hydrogens is 338 g/mol. The van der Waals surface area contributed by atoms with Crippen LogP contribution in [0, 0.1) is 25.2 Å². The molecular formula is C21H21N5O. The summed E-state index contributed by atoms with van der Waals surface area (Å²) in [4.78, 5) is 19.2. The molecule has 0 bridgehead atoms. The van der Waals surface area contributed by atoms with Crippen molar-refractivity contribution in [1.82, 2.24) is 19.5 Å².